The molecule has 0 bridgehead atoms. The fraction of sp³-hybridized carbons (Fsp3) is 0.310. The van der Waals surface area contributed by atoms with Gasteiger partial charge in [-0.2, -0.15) is 0 Å². The highest BCUT2D eigenvalue weighted by molar-refractivity contribution is 5.95. The van der Waals surface area contributed by atoms with E-state index in [1.54, 1.807) is 23.1 Å². The van der Waals surface area contributed by atoms with Gasteiger partial charge in [-0.3, -0.25) is 9.59 Å². The van der Waals surface area contributed by atoms with E-state index in [1.807, 2.05) is 50.2 Å². The Kier molecular flexibility index (Phi) is 7.31. The second-order valence-electron chi connectivity index (χ2n) is 9.60. The van der Waals surface area contributed by atoms with Crippen molar-refractivity contribution in [3.05, 3.63) is 88.0 Å². The van der Waals surface area contributed by atoms with Crippen LogP contribution in [-0.4, -0.2) is 34.6 Å². The number of benzene rings is 3. The van der Waals surface area contributed by atoms with Crippen LogP contribution < -0.4 is 16.0 Å². The topological polar surface area (TPSA) is 116 Å². The van der Waals surface area contributed by atoms with Gasteiger partial charge in [0.15, 0.2) is 0 Å². The Bertz CT molecular complexity index is 1270. The van der Waals surface area contributed by atoms with Gasteiger partial charge in [-0.1, -0.05) is 36.4 Å². The number of carbonyl (C=O) groups is 2. The predicted molar refractivity (Wildman–Crippen MR) is 140 cm³/mol. The van der Waals surface area contributed by atoms with Crippen LogP contribution in [0.3, 0.4) is 0 Å². The smallest absolute Gasteiger partial charge is 0.237 e. The first-order chi connectivity index (χ1) is 17.1. The Labute approximate surface area is 211 Å². The number of amides is 2. The fourth-order valence-corrected chi connectivity index (χ4v) is 5.07. The van der Waals surface area contributed by atoms with Crippen molar-refractivity contribution in [3.8, 4) is 11.5 Å². The molecular formula is C29H33N3O4. The third kappa shape index (κ3) is 5.36. The molecule has 3 aromatic rings. The normalized spacial score (nSPS) is 15.8. The van der Waals surface area contributed by atoms with Crippen molar-refractivity contribution in [1.29, 1.82) is 0 Å². The summed E-state index contributed by atoms with van der Waals surface area (Å²) in [6.45, 7) is 5.62. The van der Waals surface area contributed by atoms with Crippen LogP contribution in [0.2, 0.25) is 0 Å². The number of nitrogens with zero attached hydrogens (tertiary/aromatic N) is 1. The zero-order valence-corrected chi connectivity index (χ0v) is 20.9. The van der Waals surface area contributed by atoms with Crippen LogP contribution in [0.1, 0.15) is 52.8 Å². The van der Waals surface area contributed by atoms with Crippen LogP contribution in [0.5, 0.6) is 11.5 Å². The number of phenols is 2. The number of aromatic hydroxyl groups is 2. The van der Waals surface area contributed by atoms with Gasteiger partial charge in [0.25, 0.3) is 0 Å². The van der Waals surface area contributed by atoms with E-state index in [0.717, 1.165) is 27.8 Å². The number of anilines is 1. The number of nitrogens with two attached hydrogens (primary N) is 1. The van der Waals surface area contributed by atoms with Gasteiger partial charge in [-0.05, 0) is 79.1 Å². The summed E-state index contributed by atoms with van der Waals surface area (Å²) in [5.41, 5.74) is 12.1. The first-order valence-electron chi connectivity index (χ1n) is 12.2. The maximum Gasteiger partial charge on any atom is 0.237 e. The summed E-state index contributed by atoms with van der Waals surface area (Å²) in [6.07, 6.45) is 1.46. The number of fused-ring (bicyclic) bond motifs is 1. The second kappa shape index (κ2) is 10.4. The van der Waals surface area contributed by atoms with Crippen molar-refractivity contribution in [2.24, 2.45) is 5.73 Å². The minimum absolute atomic E-state index is 0.0206. The van der Waals surface area contributed by atoms with Crippen LogP contribution in [0.25, 0.3) is 0 Å². The number of phenolic OH excluding ortho intramolecular Hbond substituents is 2. The quantitative estimate of drug-likeness (QED) is 0.422. The lowest BCUT2D eigenvalue weighted by Crippen LogP contribution is -2.46. The van der Waals surface area contributed by atoms with Gasteiger partial charge >= 0.3 is 0 Å². The highest BCUT2D eigenvalue weighted by Crippen LogP contribution is 2.41. The van der Waals surface area contributed by atoms with E-state index in [2.05, 4.69) is 5.32 Å². The monoisotopic (exact) mass is 487 g/mol. The molecule has 5 N–H and O–H groups in total. The SMILES string of the molecule is CC(=O)N1CCC(NC(=O)C(N)Cc2c(C)cc(O)cc2C)c2cc(Cc3ccccc3)cc(O)c21. The zero-order valence-electron chi connectivity index (χ0n) is 20.9. The van der Waals surface area contributed by atoms with Crippen molar-refractivity contribution in [2.75, 3.05) is 11.4 Å². The maximum absolute atomic E-state index is 13.2. The Morgan fingerprint density at radius 1 is 1.06 bits per heavy atom. The fourth-order valence-electron chi connectivity index (χ4n) is 5.07. The summed E-state index contributed by atoms with van der Waals surface area (Å²) >= 11 is 0. The lowest BCUT2D eigenvalue weighted by Gasteiger charge is -2.35. The lowest BCUT2D eigenvalue weighted by molar-refractivity contribution is -0.123. The number of nitrogens with one attached hydrogen (secondary N) is 1. The van der Waals surface area contributed by atoms with Crippen molar-refractivity contribution in [1.82, 2.24) is 5.32 Å². The average molecular weight is 488 g/mol. The van der Waals surface area contributed by atoms with E-state index in [1.165, 1.54) is 6.92 Å². The van der Waals surface area contributed by atoms with Crippen LogP contribution >= 0.6 is 0 Å². The number of carbonyl (C=O) groups excluding carboxylic acids is 2. The van der Waals surface area contributed by atoms with Crippen LogP contribution in [0.4, 0.5) is 5.69 Å². The van der Waals surface area contributed by atoms with E-state index < -0.39 is 12.1 Å². The first kappa shape index (κ1) is 25.3. The minimum atomic E-state index is -0.790. The van der Waals surface area contributed by atoms with Gasteiger partial charge < -0.3 is 26.2 Å². The number of hydrogen-bond acceptors (Lipinski definition) is 5. The summed E-state index contributed by atoms with van der Waals surface area (Å²) in [6, 6.07) is 15.7. The number of rotatable bonds is 6. The van der Waals surface area contributed by atoms with E-state index in [0.29, 0.717) is 37.1 Å². The standard InChI is InChI=1S/C29H33N3O4/c1-17-11-22(34)12-18(2)23(17)16-25(30)29(36)31-26-9-10-32(19(3)33)28-24(26)14-21(15-27(28)35)13-20-7-5-4-6-8-20/h4-8,11-12,14-15,25-26,34-35H,9-10,13,16,30H2,1-3H3,(H,31,36). The van der Waals surface area contributed by atoms with Crippen molar-refractivity contribution in [2.45, 2.75) is 52.1 Å². The second-order valence-corrected chi connectivity index (χ2v) is 9.60. The summed E-state index contributed by atoms with van der Waals surface area (Å²) in [5, 5.41) is 23.8. The van der Waals surface area contributed by atoms with Crippen molar-refractivity contribution < 1.29 is 19.8 Å². The largest absolute Gasteiger partial charge is 0.508 e. The van der Waals surface area contributed by atoms with Gasteiger partial charge in [-0.15, -0.1) is 0 Å². The van der Waals surface area contributed by atoms with Gasteiger partial charge in [0.05, 0.1) is 17.8 Å². The van der Waals surface area contributed by atoms with E-state index in [9.17, 15) is 19.8 Å². The van der Waals surface area contributed by atoms with Crippen LogP contribution in [0.15, 0.2) is 54.6 Å². The molecule has 1 heterocycles. The molecule has 1 aliphatic heterocycles. The molecule has 0 aromatic heterocycles. The zero-order chi connectivity index (χ0) is 26.0. The molecule has 0 aliphatic carbocycles. The molecule has 1 aliphatic rings. The van der Waals surface area contributed by atoms with Crippen molar-refractivity contribution >= 4 is 17.5 Å². The average Bonchev–Trinajstić information content (AvgIpc) is 2.82. The molecule has 4 rings (SSSR count). The molecule has 7 heteroatoms. The third-order valence-electron chi connectivity index (χ3n) is 6.86. The minimum Gasteiger partial charge on any atom is -0.508 e. The van der Waals surface area contributed by atoms with Gasteiger partial charge in [0.1, 0.15) is 11.5 Å². The summed E-state index contributed by atoms with van der Waals surface area (Å²) in [7, 11) is 0. The van der Waals surface area contributed by atoms with E-state index in [-0.39, 0.29) is 23.3 Å². The summed E-state index contributed by atoms with van der Waals surface area (Å²) in [5.74, 6) is -0.261. The Morgan fingerprint density at radius 3 is 2.36 bits per heavy atom. The van der Waals surface area contributed by atoms with E-state index in [4.69, 9.17) is 5.73 Å². The third-order valence-corrected chi connectivity index (χ3v) is 6.86. The number of aryl methyl sites for hydroxylation is 2. The van der Waals surface area contributed by atoms with Crippen molar-refractivity contribution in [3.63, 3.8) is 0 Å². The highest BCUT2D eigenvalue weighted by atomic mass is 16.3. The molecule has 36 heavy (non-hydrogen) atoms. The molecule has 2 atom stereocenters. The molecule has 3 aromatic carbocycles. The Balaban J connectivity index is 1.60. The molecule has 0 spiro atoms. The predicted octanol–water partition coefficient (Wildman–Crippen LogP) is 3.79. The van der Waals surface area contributed by atoms with Gasteiger partial charge in [-0.25, -0.2) is 0 Å². The Morgan fingerprint density at radius 2 is 1.72 bits per heavy atom. The maximum atomic E-state index is 13.2. The molecule has 0 saturated heterocycles. The van der Waals surface area contributed by atoms with Gasteiger partial charge in [0.2, 0.25) is 11.8 Å². The van der Waals surface area contributed by atoms with Crippen LogP contribution in [-0.2, 0) is 22.4 Å². The highest BCUT2D eigenvalue weighted by Gasteiger charge is 2.32. The molecule has 2 unspecified atom stereocenters. The first-order valence-corrected chi connectivity index (χ1v) is 12.2. The molecule has 7 nitrogen and oxygen atoms in total. The van der Waals surface area contributed by atoms with Gasteiger partial charge in [0, 0.05) is 19.0 Å². The number of hydrogen-bond donors (Lipinski definition) is 4. The molecule has 0 fully saturated rings. The summed E-state index contributed by atoms with van der Waals surface area (Å²) < 4.78 is 0. The lowest BCUT2D eigenvalue weighted by atomic mass is 9.91. The molecule has 188 valence electrons. The Hall–Kier alpha value is -3.84. The molecule has 0 saturated carbocycles. The molecule has 2 amide bonds. The molecular weight excluding hydrogens is 454 g/mol. The van der Waals surface area contributed by atoms with Crippen LogP contribution in [0, 0.1) is 13.8 Å². The summed E-state index contributed by atoms with van der Waals surface area (Å²) in [4.78, 5) is 27.0. The van der Waals surface area contributed by atoms with E-state index >= 15 is 0 Å². The molecule has 0 radical (unpaired) electrons.